The summed E-state index contributed by atoms with van der Waals surface area (Å²) in [5, 5.41) is 16.4. The third-order valence-electron chi connectivity index (χ3n) is 4.32. The minimum atomic E-state index is -0.721. The van der Waals surface area contributed by atoms with Crippen LogP contribution in [0.2, 0.25) is 0 Å². The summed E-state index contributed by atoms with van der Waals surface area (Å²) in [4.78, 5) is 48.3. The first-order chi connectivity index (χ1) is 14.8. The zero-order valence-corrected chi connectivity index (χ0v) is 17.3. The van der Waals surface area contributed by atoms with E-state index >= 15 is 0 Å². The van der Waals surface area contributed by atoms with E-state index in [1.54, 1.807) is 31.2 Å². The van der Waals surface area contributed by atoms with Crippen LogP contribution in [-0.4, -0.2) is 29.8 Å². The number of rotatable bonds is 6. The molecule has 31 heavy (non-hydrogen) atoms. The zero-order valence-electron chi connectivity index (χ0n) is 16.5. The van der Waals surface area contributed by atoms with Crippen LogP contribution in [0, 0.1) is 17.0 Å². The fraction of sp³-hybridized carbons (Fsp3) is 0.0952. The number of benzene rings is 2. The number of amides is 2. The number of nitro groups is 1. The molecule has 0 saturated heterocycles. The SMILES string of the molecule is COC(=O)c1c(NC(=O)c2cccc([N+](=O)[O-])c2)sc(C(=O)Nc2ccccc2)c1C. The van der Waals surface area contributed by atoms with Gasteiger partial charge in [-0.25, -0.2) is 4.79 Å². The summed E-state index contributed by atoms with van der Waals surface area (Å²) in [6.45, 7) is 1.58. The second kappa shape index (κ2) is 9.18. The van der Waals surface area contributed by atoms with Gasteiger partial charge in [0.2, 0.25) is 0 Å². The highest BCUT2D eigenvalue weighted by atomic mass is 32.1. The maximum atomic E-state index is 12.7. The van der Waals surface area contributed by atoms with E-state index in [0.29, 0.717) is 11.3 Å². The highest BCUT2D eigenvalue weighted by Gasteiger charge is 2.27. The minimum Gasteiger partial charge on any atom is -0.465 e. The van der Waals surface area contributed by atoms with Gasteiger partial charge in [-0.2, -0.15) is 0 Å². The minimum absolute atomic E-state index is 0.0337. The standard InChI is InChI=1S/C21H17N3O6S/c1-12-16(21(27)30-2)20(23-18(25)13-7-6-10-15(11-13)24(28)29)31-17(12)19(26)22-14-8-4-3-5-9-14/h3-11H,1-2H3,(H,22,26)(H,23,25). The van der Waals surface area contributed by atoms with E-state index in [-0.39, 0.29) is 26.7 Å². The number of nitrogens with one attached hydrogen (secondary N) is 2. The summed E-state index contributed by atoms with van der Waals surface area (Å²) in [5.74, 6) is -1.83. The van der Waals surface area contributed by atoms with Crippen molar-refractivity contribution in [2.75, 3.05) is 17.7 Å². The molecule has 0 bridgehead atoms. The molecule has 3 aromatic rings. The van der Waals surface area contributed by atoms with Crippen LogP contribution in [-0.2, 0) is 4.74 Å². The fourth-order valence-corrected chi connectivity index (χ4v) is 3.90. The maximum Gasteiger partial charge on any atom is 0.341 e. The number of para-hydroxylation sites is 1. The molecular formula is C21H17N3O6S. The lowest BCUT2D eigenvalue weighted by molar-refractivity contribution is -0.384. The van der Waals surface area contributed by atoms with Gasteiger partial charge in [-0.05, 0) is 30.7 Å². The number of esters is 1. The zero-order chi connectivity index (χ0) is 22.5. The van der Waals surface area contributed by atoms with Gasteiger partial charge in [0.15, 0.2) is 0 Å². The second-order valence-electron chi connectivity index (χ2n) is 6.33. The van der Waals surface area contributed by atoms with Crippen LogP contribution >= 0.6 is 11.3 Å². The number of anilines is 2. The van der Waals surface area contributed by atoms with E-state index in [4.69, 9.17) is 4.74 Å². The Morgan fingerprint density at radius 2 is 1.71 bits per heavy atom. The first-order valence-electron chi connectivity index (χ1n) is 8.95. The Balaban J connectivity index is 1.94. The van der Waals surface area contributed by atoms with Crippen molar-refractivity contribution in [1.29, 1.82) is 0 Å². The number of thiophene rings is 1. The highest BCUT2D eigenvalue weighted by molar-refractivity contribution is 7.19. The van der Waals surface area contributed by atoms with Gasteiger partial charge in [-0.15, -0.1) is 11.3 Å². The van der Waals surface area contributed by atoms with Crippen LogP contribution in [0.5, 0.6) is 0 Å². The molecular weight excluding hydrogens is 422 g/mol. The summed E-state index contributed by atoms with van der Waals surface area (Å²) in [6.07, 6.45) is 0. The monoisotopic (exact) mass is 439 g/mol. The molecule has 3 rings (SSSR count). The Hall–Kier alpha value is -4.05. The largest absolute Gasteiger partial charge is 0.465 e. The summed E-state index contributed by atoms with van der Waals surface area (Å²) in [6, 6.07) is 13.9. The molecule has 0 saturated carbocycles. The number of carbonyl (C=O) groups excluding carboxylic acids is 3. The lowest BCUT2D eigenvalue weighted by Gasteiger charge is -2.06. The summed E-state index contributed by atoms with van der Waals surface area (Å²) >= 11 is 0.912. The van der Waals surface area contributed by atoms with Crippen molar-refractivity contribution in [3.05, 3.63) is 86.3 Å². The molecule has 158 valence electrons. The van der Waals surface area contributed by atoms with E-state index < -0.39 is 22.7 Å². The Morgan fingerprint density at radius 1 is 1.00 bits per heavy atom. The van der Waals surface area contributed by atoms with Crippen LogP contribution in [0.3, 0.4) is 0 Å². The summed E-state index contributed by atoms with van der Waals surface area (Å²) in [7, 11) is 1.19. The van der Waals surface area contributed by atoms with Crippen molar-refractivity contribution in [3.63, 3.8) is 0 Å². The molecule has 0 aliphatic rings. The first kappa shape index (κ1) is 21.7. The molecule has 0 atom stereocenters. The summed E-state index contributed by atoms with van der Waals surface area (Å²) in [5.41, 5.74) is 0.753. The van der Waals surface area contributed by atoms with E-state index in [9.17, 15) is 24.5 Å². The fourth-order valence-electron chi connectivity index (χ4n) is 2.81. The molecule has 2 N–H and O–H groups in total. The van der Waals surface area contributed by atoms with Gasteiger partial charge in [0.05, 0.1) is 22.5 Å². The van der Waals surface area contributed by atoms with Gasteiger partial charge in [-0.1, -0.05) is 24.3 Å². The quantitative estimate of drug-likeness (QED) is 0.336. The molecule has 0 fully saturated rings. The van der Waals surface area contributed by atoms with E-state index in [1.807, 2.05) is 6.07 Å². The van der Waals surface area contributed by atoms with Crippen molar-refractivity contribution < 1.29 is 24.0 Å². The average Bonchev–Trinajstić information content (AvgIpc) is 3.09. The average molecular weight is 439 g/mol. The molecule has 2 amide bonds. The number of hydrogen-bond acceptors (Lipinski definition) is 7. The van der Waals surface area contributed by atoms with Gasteiger partial charge >= 0.3 is 5.97 Å². The Kier molecular flexibility index (Phi) is 6.41. The Bertz CT molecular complexity index is 1170. The maximum absolute atomic E-state index is 12.7. The number of ether oxygens (including phenoxy) is 1. The number of non-ortho nitro benzene ring substituents is 1. The Morgan fingerprint density at radius 3 is 2.35 bits per heavy atom. The van der Waals surface area contributed by atoms with Gasteiger partial charge in [0.25, 0.3) is 17.5 Å². The molecule has 0 aliphatic heterocycles. The smallest absolute Gasteiger partial charge is 0.341 e. The van der Waals surface area contributed by atoms with Crippen molar-refractivity contribution in [3.8, 4) is 0 Å². The second-order valence-corrected chi connectivity index (χ2v) is 7.35. The van der Waals surface area contributed by atoms with Crippen LogP contribution in [0.15, 0.2) is 54.6 Å². The van der Waals surface area contributed by atoms with E-state index in [2.05, 4.69) is 10.6 Å². The van der Waals surface area contributed by atoms with E-state index in [1.165, 1.54) is 25.3 Å². The molecule has 0 aliphatic carbocycles. The third kappa shape index (κ3) is 4.75. The van der Waals surface area contributed by atoms with Crippen LogP contribution < -0.4 is 10.6 Å². The molecule has 10 heteroatoms. The molecule has 0 unspecified atom stereocenters. The number of methoxy groups -OCH3 is 1. The van der Waals surface area contributed by atoms with Crippen LogP contribution in [0.4, 0.5) is 16.4 Å². The molecule has 0 spiro atoms. The topological polar surface area (TPSA) is 128 Å². The van der Waals surface area contributed by atoms with Crippen LogP contribution in [0.1, 0.15) is 36.0 Å². The van der Waals surface area contributed by atoms with Gasteiger partial charge in [0, 0.05) is 23.4 Å². The molecule has 1 aromatic heterocycles. The third-order valence-corrected chi connectivity index (χ3v) is 5.53. The molecule has 9 nitrogen and oxygen atoms in total. The molecule has 0 radical (unpaired) electrons. The number of hydrogen-bond donors (Lipinski definition) is 2. The van der Waals surface area contributed by atoms with Crippen molar-refractivity contribution in [2.24, 2.45) is 0 Å². The predicted molar refractivity (Wildman–Crippen MR) is 116 cm³/mol. The van der Waals surface area contributed by atoms with Crippen LogP contribution in [0.25, 0.3) is 0 Å². The van der Waals surface area contributed by atoms with Crippen molar-refractivity contribution >= 4 is 45.5 Å². The number of nitrogens with zero attached hydrogens (tertiary/aromatic N) is 1. The number of nitro benzene ring substituents is 1. The molecule has 2 aromatic carbocycles. The molecule has 1 heterocycles. The Labute approximate surface area is 180 Å². The first-order valence-corrected chi connectivity index (χ1v) is 9.77. The normalized spacial score (nSPS) is 10.3. The number of carbonyl (C=O) groups is 3. The van der Waals surface area contributed by atoms with E-state index in [0.717, 1.165) is 17.4 Å². The predicted octanol–water partition coefficient (Wildman–Crippen LogP) is 4.26. The van der Waals surface area contributed by atoms with Crippen molar-refractivity contribution in [1.82, 2.24) is 0 Å². The van der Waals surface area contributed by atoms with Crippen molar-refractivity contribution in [2.45, 2.75) is 6.92 Å². The van der Waals surface area contributed by atoms with Gasteiger partial charge in [-0.3, -0.25) is 19.7 Å². The highest BCUT2D eigenvalue weighted by Crippen LogP contribution is 2.34. The lowest BCUT2D eigenvalue weighted by Crippen LogP contribution is -2.14. The lowest BCUT2D eigenvalue weighted by atomic mass is 10.1. The van der Waals surface area contributed by atoms with Gasteiger partial charge < -0.3 is 15.4 Å². The summed E-state index contributed by atoms with van der Waals surface area (Å²) < 4.78 is 4.80. The van der Waals surface area contributed by atoms with Gasteiger partial charge in [0.1, 0.15) is 5.00 Å².